The third-order valence-electron chi connectivity index (χ3n) is 4.75. The second-order valence-corrected chi connectivity index (χ2v) is 7.06. The number of carbonyl (C=O) groups is 1. The molecule has 1 aliphatic rings. The molecule has 0 saturated heterocycles. The lowest BCUT2D eigenvalue weighted by molar-refractivity contribution is -0.136. The molecule has 1 heterocycles. The summed E-state index contributed by atoms with van der Waals surface area (Å²) in [6, 6.07) is 15.6. The van der Waals surface area contributed by atoms with Crippen molar-refractivity contribution in [1.82, 2.24) is 9.78 Å². The molecular formula is C22H22N2O3. The molecule has 1 saturated carbocycles. The number of rotatable bonds is 8. The molecule has 1 aromatic heterocycles. The summed E-state index contributed by atoms with van der Waals surface area (Å²) < 4.78 is 7.87. The van der Waals surface area contributed by atoms with Gasteiger partial charge < -0.3 is 9.84 Å². The summed E-state index contributed by atoms with van der Waals surface area (Å²) in [5.41, 5.74) is 3.67. The number of aliphatic carboxylic acids is 1. The van der Waals surface area contributed by atoms with Gasteiger partial charge in [0.05, 0.1) is 12.6 Å². The Kier molecular flexibility index (Phi) is 4.92. The Morgan fingerprint density at radius 3 is 2.70 bits per heavy atom. The van der Waals surface area contributed by atoms with Crippen molar-refractivity contribution in [2.45, 2.75) is 32.4 Å². The van der Waals surface area contributed by atoms with Crippen molar-refractivity contribution in [2.24, 2.45) is 5.92 Å². The van der Waals surface area contributed by atoms with Gasteiger partial charge in [-0.05, 0) is 42.0 Å². The van der Waals surface area contributed by atoms with Crippen molar-refractivity contribution in [3.63, 3.8) is 0 Å². The number of ether oxygens (including phenoxy) is 1. The van der Waals surface area contributed by atoms with Gasteiger partial charge in [-0.15, -0.1) is 0 Å². The Labute approximate surface area is 158 Å². The molecule has 0 atom stereocenters. The molecule has 0 unspecified atom stereocenters. The van der Waals surface area contributed by atoms with E-state index in [-0.39, 0.29) is 6.42 Å². The van der Waals surface area contributed by atoms with E-state index in [9.17, 15) is 9.90 Å². The number of carboxylic acids is 1. The van der Waals surface area contributed by atoms with Gasteiger partial charge in [0.1, 0.15) is 12.4 Å². The van der Waals surface area contributed by atoms with Gasteiger partial charge in [0, 0.05) is 23.9 Å². The molecule has 1 aliphatic carbocycles. The maximum absolute atomic E-state index is 11.3. The Bertz CT molecular complexity index is 930. The van der Waals surface area contributed by atoms with Crippen molar-refractivity contribution in [1.29, 1.82) is 0 Å². The molecule has 27 heavy (non-hydrogen) atoms. The monoisotopic (exact) mass is 362 g/mol. The van der Waals surface area contributed by atoms with Crippen LogP contribution in [0.1, 0.15) is 24.0 Å². The molecule has 0 amide bonds. The lowest BCUT2D eigenvalue weighted by atomic mass is 10.0. The lowest BCUT2D eigenvalue weighted by Crippen LogP contribution is -2.04. The summed E-state index contributed by atoms with van der Waals surface area (Å²) in [4.78, 5) is 11.3. The SMILES string of the molecule is O=C(O)Cc1cc(-c2cnn(CC3CC3)c2)ccc1OCc1ccccc1. The third kappa shape index (κ3) is 4.56. The van der Waals surface area contributed by atoms with Crippen LogP contribution in [0.4, 0.5) is 0 Å². The fourth-order valence-electron chi connectivity index (χ4n) is 3.11. The summed E-state index contributed by atoms with van der Waals surface area (Å²) >= 11 is 0. The molecule has 0 radical (unpaired) electrons. The number of nitrogens with zero attached hydrogens (tertiary/aromatic N) is 2. The average Bonchev–Trinajstić information content (AvgIpc) is 3.36. The quantitative estimate of drug-likeness (QED) is 0.653. The first-order chi connectivity index (χ1) is 13.2. The van der Waals surface area contributed by atoms with E-state index in [1.165, 1.54) is 12.8 Å². The molecule has 138 valence electrons. The standard InChI is InChI=1S/C22H22N2O3/c25-22(26)11-19-10-18(20-12-23-24(14-20)13-16-6-7-16)8-9-21(19)27-15-17-4-2-1-3-5-17/h1-5,8-10,12,14,16H,6-7,11,13,15H2,(H,25,26). The van der Waals surface area contributed by atoms with E-state index in [0.717, 1.165) is 29.2 Å². The highest BCUT2D eigenvalue weighted by molar-refractivity contribution is 5.73. The second-order valence-electron chi connectivity index (χ2n) is 7.06. The smallest absolute Gasteiger partial charge is 0.307 e. The van der Waals surface area contributed by atoms with Crippen molar-refractivity contribution >= 4 is 5.97 Å². The van der Waals surface area contributed by atoms with Gasteiger partial charge in [0.25, 0.3) is 0 Å². The fraction of sp³-hybridized carbons (Fsp3) is 0.273. The highest BCUT2D eigenvalue weighted by Crippen LogP contribution is 2.32. The van der Waals surface area contributed by atoms with Crippen LogP contribution >= 0.6 is 0 Å². The van der Waals surface area contributed by atoms with Crippen molar-refractivity contribution < 1.29 is 14.6 Å². The first-order valence-electron chi connectivity index (χ1n) is 9.21. The zero-order valence-corrected chi connectivity index (χ0v) is 15.0. The van der Waals surface area contributed by atoms with E-state index >= 15 is 0 Å². The number of benzene rings is 2. The molecule has 0 aliphatic heterocycles. The number of carboxylic acid groups (broad SMARTS) is 1. The van der Waals surface area contributed by atoms with Crippen molar-refractivity contribution in [3.05, 3.63) is 72.1 Å². The minimum Gasteiger partial charge on any atom is -0.489 e. The van der Waals surface area contributed by atoms with Gasteiger partial charge in [0.2, 0.25) is 0 Å². The van der Waals surface area contributed by atoms with Gasteiger partial charge in [-0.1, -0.05) is 36.4 Å². The van der Waals surface area contributed by atoms with Crippen LogP contribution in [0.3, 0.4) is 0 Å². The van der Waals surface area contributed by atoms with Gasteiger partial charge in [0.15, 0.2) is 0 Å². The maximum atomic E-state index is 11.3. The Balaban J connectivity index is 1.54. The zero-order chi connectivity index (χ0) is 18.6. The predicted molar refractivity (Wildman–Crippen MR) is 103 cm³/mol. The van der Waals surface area contributed by atoms with Gasteiger partial charge in [-0.2, -0.15) is 5.10 Å². The molecule has 5 heteroatoms. The van der Waals surface area contributed by atoms with Crippen LogP contribution in [0.5, 0.6) is 5.75 Å². The van der Waals surface area contributed by atoms with Gasteiger partial charge in [-0.25, -0.2) is 0 Å². The summed E-state index contributed by atoms with van der Waals surface area (Å²) in [5.74, 6) is 0.491. The molecular weight excluding hydrogens is 340 g/mol. The number of hydrogen-bond acceptors (Lipinski definition) is 3. The first-order valence-corrected chi connectivity index (χ1v) is 9.21. The number of hydrogen-bond donors (Lipinski definition) is 1. The van der Waals surface area contributed by atoms with E-state index in [1.807, 2.05) is 65.6 Å². The average molecular weight is 362 g/mol. The molecule has 3 aromatic rings. The molecule has 1 N–H and O–H groups in total. The van der Waals surface area contributed by atoms with Crippen molar-refractivity contribution in [3.8, 4) is 16.9 Å². The highest BCUT2D eigenvalue weighted by Gasteiger charge is 2.22. The van der Waals surface area contributed by atoms with Gasteiger partial charge >= 0.3 is 5.97 Å². The van der Waals surface area contributed by atoms with Crippen LogP contribution in [0.15, 0.2) is 60.9 Å². The molecule has 2 aromatic carbocycles. The molecule has 0 spiro atoms. The minimum atomic E-state index is -0.874. The van der Waals surface area contributed by atoms with Crippen LogP contribution in [-0.4, -0.2) is 20.9 Å². The van der Waals surface area contributed by atoms with E-state index in [0.29, 0.717) is 17.9 Å². The Morgan fingerprint density at radius 2 is 1.96 bits per heavy atom. The lowest BCUT2D eigenvalue weighted by Gasteiger charge is -2.12. The topological polar surface area (TPSA) is 64.3 Å². The van der Waals surface area contributed by atoms with E-state index in [4.69, 9.17) is 4.74 Å². The summed E-state index contributed by atoms with van der Waals surface area (Å²) in [6.45, 7) is 1.37. The zero-order valence-electron chi connectivity index (χ0n) is 15.0. The summed E-state index contributed by atoms with van der Waals surface area (Å²) in [6.07, 6.45) is 6.36. The summed E-state index contributed by atoms with van der Waals surface area (Å²) in [7, 11) is 0. The van der Waals surface area contributed by atoms with Crippen molar-refractivity contribution in [2.75, 3.05) is 0 Å². The van der Waals surface area contributed by atoms with E-state index in [1.54, 1.807) is 0 Å². The highest BCUT2D eigenvalue weighted by atomic mass is 16.5. The Morgan fingerprint density at radius 1 is 1.15 bits per heavy atom. The second kappa shape index (κ2) is 7.66. The Hall–Kier alpha value is -3.08. The van der Waals surface area contributed by atoms with Crippen LogP contribution < -0.4 is 4.74 Å². The third-order valence-corrected chi connectivity index (χ3v) is 4.75. The number of aromatic nitrogens is 2. The largest absolute Gasteiger partial charge is 0.489 e. The molecule has 5 nitrogen and oxygen atoms in total. The van der Waals surface area contributed by atoms with Crippen LogP contribution in [0.25, 0.3) is 11.1 Å². The predicted octanol–water partition coefficient (Wildman–Crippen LogP) is 4.17. The first kappa shape index (κ1) is 17.3. The minimum absolute atomic E-state index is 0.0752. The van der Waals surface area contributed by atoms with Crippen LogP contribution in [-0.2, 0) is 24.4 Å². The maximum Gasteiger partial charge on any atom is 0.307 e. The van der Waals surface area contributed by atoms with Crippen LogP contribution in [0, 0.1) is 5.92 Å². The van der Waals surface area contributed by atoms with Gasteiger partial charge in [-0.3, -0.25) is 9.48 Å². The molecule has 1 fully saturated rings. The molecule has 0 bridgehead atoms. The van der Waals surface area contributed by atoms with E-state index < -0.39 is 5.97 Å². The van der Waals surface area contributed by atoms with E-state index in [2.05, 4.69) is 5.10 Å². The normalized spacial score (nSPS) is 13.5. The molecule has 4 rings (SSSR count). The van der Waals surface area contributed by atoms with Crippen LogP contribution in [0.2, 0.25) is 0 Å². The fourth-order valence-corrected chi connectivity index (χ4v) is 3.11. The summed E-state index contributed by atoms with van der Waals surface area (Å²) in [5, 5.41) is 13.7.